The first-order valence-electron chi connectivity index (χ1n) is 12.5. The number of nitrogens with zero attached hydrogens (tertiary/aromatic N) is 3. The lowest BCUT2D eigenvalue weighted by Gasteiger charge is -2.42. The molecule has 2 aromatic rings. The molecule has 0 aliphatic carbocycles. The second kappa shape index (κ2) is 11.4. The molecule has 2 aromatic carbocycles. The topological polar surface area (TPSA) is 82.2 Å². The van der Waals surface area contributed by atoms with Gasteiger partial charge in [0.1, 0.15) is 0 Å². The molecule has 1 saturated heterocycles. The van der Waals surface area contributed by atoms with Gasteiger partial charge in [0, 0.05) is 55.6 Å². The molecule has 8 nitrogen and oxygen atoms in total. The van der Waals surface area contributed by atoms with E-state index in [1.165, 1.54) is 4.90 Å². The quantitative estimate of drug-likeness (QED) is 0.577. The van der Waals surface area contributed by atoms with Gasteiger partial charge >= 0.3 is 12.0 Å². The van der Waals surface area contributed by atoms with Gasteiger partial charge in [0.2, 0.25) is 0 Å². The van der Waals surface area contributed by atoms with Crippen molar-refractivity contribution < 1.29 is 19.1 Å². The molecule has 196 valence electrons. The number of amides is 3. The molecule has 0 saturated carbocycles. The van der Waals surface area contributed by atoms with Gasteiger partial charge in [-0.2, -0.15) is 0 Å². The van der Waals surface area contributed by atoms with E-state index in [1.807, 2.05) is 49.1 Å². The molecule has 4 rings (SSSR count). The van der Waals surface area contributed by atoms with E-state index < -0.39 is 12.0 Å². The van der Waals surface area contributed by atoms with E-state index in [1.54, 1.807) is 32.2 Å². The third kappa shape index (κ3) is 5.81. The van der Waals surface area contributed by atoms with Crippen LogP contribution in [0.1, 0.15) is 41.4 Å². The van der Waals surface area contributed by atoms with Gasteiger partial charge in [-0.15, -0.1) is 0 Å². The fourth-order valence-electron chi connectivity index (χ4n) is 4.89. The zero-order chi connectivity index (χ0) is 26.7. The Morgan fingerprint density at radius 1 is 1.14 bits per heavy atom. The van der Waals surface area contributed by atoms with Crippen LogP contribution >= 0.6 is 11.6 Å². The summed E-state index contributed by atoms with van der Waals surface area (Å²) in [4.78, 5) is 44.8. The number of rotatable bonds is 6. The lowest BCUT2D eigenvalue weighted by atomic mass is 9.94. The number of urea groups is 1. The molecule has 1 N–H and O–H groups in total. The minimum Gasteiger partial charge on any atom is -0.463 e. The molecule has 2 aliphatic heterocycles. The van der Waals surface area contributed by atoms with Crippen LogP contribution in [-0.2, 0) is 9.53 Å². The average Bonchev–Trinajstić information content (AvgIpc) is 2.87. The molecule has 37 heavy (non-hydrogen) atoms. The number of hydrogen-bond acceptors (Lipinski definition) is 5. The van der Waals surface area contributed by atoms with Crippen LogP contribution in [0.15, 0.2) is 59.8 Å². The molecule has 2 aliphatic rings. The highest BCUT2D eigenvalue weighted by molar-refractivity contribution is 6.30. The van der Waals surface area contributed by atoms with Crippen molar-refractivity contribution in [2.45, 2.75) is 32.9 Å². The Labute approximate surface area is 222 Å². The Hall–Kier alpha value is -3.36. The predicted octanol–water partition coefficient (Wildman–Crippen LogP) is 4.01. The molecule has 0 radical (unpaired) electrons. The van der Waals surface area contributed by atoms with Crippen molar-refractivity contribution in [3.8, 4) is 0 Å². The first-order valence-corrected chi connectivity index (χ1v) is 12.9. The van der Waals surface area contributed by atoms with Gasteiger partial charge in [-0.25, -0.2) is 9.59 Å². The van der Waals surface area contributed by atoms with Crippen LogP contribution < -0.4 is 5.32 Å². The van der Waals surface area contributed by atoms with Crippen molar-refractivity contribution in [3.05, 3.63) is 81.5 Å². The monoisotopic (exact) mass is 524 g/mol. The maximum absolute atomic E-state index is 13.2. The van der Waals surface area contributed by atoms with E-state index in [-0.39, 0.29) is 24.6 Å². The van der Waals surface area contributed by atoms with Crippen molar-refractivity contribution in [1.82, 2.24) is 20.0 Å². The molecule has 1 fully saturated rings. The number of carbonyl (C=O) groups excluding carboxylic acids is 3. The molecule has 0 spiro atoms. The van der Waals surface area contributed by atoms with Crippen molar-refractivity contribution in [2.75, 3.05) is 39.8 Å². The Kier molecular flexibility index (Phi) is 8.19. The Bertz CT molecular complexity index is 1210. The number of piperazine rings is 1. The summed E-state index contributed by atoms with van der Waals surface area (Å²) in [7, 11) is 1.65. The zero-order valence-electron chi connectivity index (χ0n) is 21.7. The SMILES string of the molecule is CCOC(=O)C1=C(CN2CCN(C(=O)c3ccc(C)cc3)[C@H](C)C2)N(C)C(=O)N[C@@H]1c1cccc(Cl)c1. The van der Waals surface area contributed by atoms with Crippen LogP contribution in [0, 0.1) is 6.92 Å². The normalized spacial score (nSPS) is 20.6. The third-order valence-electron chi connectivity index (χ3n) is 6.90. The summed E-state index contributed by atoms with van der Waals surface area (Å²) in [6.07, 6.45) is 0. The fourth-order valence-corrected chi connectivity index (χ4v) is 5.09. The largest absolute Gasteiger partial charge is 0.463 e. The highest BCUT2D eigenvalue weighted by Gasteiger charge is 2.38. The number of aryl methyl sites for hydroxylation is 1. The molecule has 9 heteroatoms. The lowest BCUT2D eigenvalue weighted by Crippen LogP contribution is -2.56. The van der Waals surface area contributed by atoms with Crippen molar-refractivity contribution in [2.24, 2.45) is 0 Å². The number of ether oxygens (including phenoxy) is 1. The van der Waals surface area contributed by atoms with Crippen molar-refractivity contribution >= 4 is 29.5 Å². The average molecular weight is 525 g/mol. The minimum atomic E-state index is -0.682. The smallest absolute Gasteiger partial charge is 0.338 e. The number of hydrogen-bond donors (Lipinski definition) is 1. The summed E-state index contributed by atoms with van der Waals surface area (Å²) in [5, 5.41) is 3.43. The Balaban J connectivity index is 1.59. The molecule has 2 atom stereocenters. The second-order valence-corrected chi connectivity index (χ2v) is 9.96. The summed E-state index contributed by atoms with van der Waals surface area (Å²) in [6, 6.07) is 13.7. The third-order valence-corrected chi connectivity index (χ3v) is 7.13. The van der Waals surface area contributed by atoms with E-state index in [9.17, 15) is 14.4 Å². The summed E-state index contributed by atoms with van der Waals surface area (Å²) in [5.41, 5.74) is 3.45. The van der Waals surface area contributed by atoms with E-state index in [2.05, 4.69) is 10.2 Å². The summed E-state index contributed by atoms with van der Waals surface area (Å²) in [5.74, 6) is -0.468. The van der Waals surface area contributed by atoms with Crippen molar-refractivity contribution in [1.29, 1.82) is 0 Å². The summed E-state index contributed by atoms with van der Waals surface area (Å²) in [6.45, 7) is 8.11. The van der Waals surface area contributed by atoms with Crippen LogP contribution in [0.4, 0.5) is 4.79 Å². The summed E-state index contributed by atoms with van der Waals surface area (Å²) >= 11 is 6.22. The van der Waals surface area contributed by atoms with E-state index >= 15 is 0 Å². The Morgan fingerprint density at radius 3 is 2.51 bits per heavy atom. The van der Waals surface area contributed by atoms with Gasteiger partial charge in [0.15, 0.2) is 0 Å². The van der Waals surface area contributed by atoms with Crippen LogP contribution in [0.25, 0.3) is 0 Å². The highest BCUT2D eigenvalue weighted by atomic mass is 35.5. The number of carbonyl (C=O) groups is 3. The molecule has 0 unspecified atom stereocenters. The molecular weight excluding hydrogens is 492 g/mol. The van der Waals surface area contributed by atoms with E-state index in [4.69, 9.17) is 16.3 Å². The molecule has 0 aromatic heterocycles. The van der Waals surface area contributed by atoms with Gasteiger partial charge < -0.3 is 15.0 Å². The number of esters is 1. The lowest BCUT2D eigenvalue weighted by molar-refractivity contribution is -0.139. The van der Waals surface area contributed by atoms with Gasteiger partial charge in [-0.3, -0.25) is 14.6 Å². The maximum atomic E-state index is 13.2. The van der Waals surface area contributed by atoms with Crippen molar-refractivity contribution in [3.63, 3.8) is 0 Å². The number of halogens is 1. The van der Waals surface area contributed by atoms with Crippen LogP contribution in [0.2, 0.25) is 5.02 Å². The first kappa shape index (κ1) is 26.7. The maximum Gasteiger partial charge on any atom is 0.338 e. The minimum absolute atomic E-state index is 0.00811. The fraction of sp³-hybridized carbons (Fsp3) is 0.393. The van der Waals surface area contributed by atoms with Gasteiger partial charge in [-0.05, 0) is 50.6 Å². The predicted molar refractivity (Wildman–Crippen MR) is 142 cm³/mol. The highest BCUT2D eigenvalue weighted by Crippen LogP contribution is 2.33. The molecule has 3 amide bonds. The van der Waals surface area contributed by atoms with Crippen LogP contribution in [0.3, 0.4) is 0 Å². The first-order chi connectivity index (χ1) is 17.7. The van der Waals surface area contributed by atoms with E-state index in [0.29, 0.717) is 53.6 Å². The number of likely N-dealkylation sites (N-methyl/N-ethyl adjacent to an activating group) is 1. The molecule has 0 bridgehead atoms. The molecular formula is C28H33ClN4O4. The zero-order valence-corrected chi connectivity index (χ0v) is 22.4. The summed E-state index contributed by atoms with van der Waals surface area (Å²) < 4.78 is 5.41. The van der Waals surface area contributed by atoms with Crippen LogP contribution in [-0.4, -0.2) is 78.5 Å². The van der Waals surface area contributed by atoms with E-state index in [0.717, 1.165) is 5.56 Å². The number of benzene rings is 2. The standard InChI is InChI=1S/C28H33ClN4O4/c1-5-37-27(35)24-23(31(4)28(36)30-25(24)21-7-6-8-22(29)15-21)17-32-13-14-33(19(3)16-32)26(34)20-11-9-18(2)10-12-20/h6-12,15,19,25H,5,13-14,16-17H2,1-4H3,(H,30,36)/t19-,25-/m1/s1. The van der Waals surface area contributed by atoms with Gasteiger partial charge in [0.25, 0.3) is 5.91 Å². The Morgan fingerprint density at radius 2 is 1.86 bits per heavy atom. The van der Waals surface area contributed by atoms with Gasteiger partial charge in [0.05, 0.1) is 18.2 Å². The number of nitrogens with one attached hydrogen (secondary N) is 1. The molecule has 2 heterocycles. The van der Waals surface area contributed by atoms with Crippen LogP contribution in [0.5, 0.6) is 0 Å². The second-order valence-electron chi connectivity index (χ2n) is 9.53. The van der Waals surface area contributed by atoms with Gasteiger partial charge in [-0.1, -0.05) is 41.4 Å².